The highest BCUT2D eigenvalue weighted by molar-refractivity contribution is 5.99. The van der Waals surface area contributed by atoms with E-state index in [9.17, 15) is 4.79 Å². The molecule has 118 valence electrons. The smallest absolute Gasteiger partial charge is 0.246 e. The van der Waals surface area contributed by atoms with Crippen LogP contribution >= 0.6 is 12.4 Å². The SMILES string of the molecule is CN(C(=O)C1(N)CCCC1)c1ccc(C(C)(C)C)cc1.Cl. The first kappa shape index (κ1) is 18.0. The Morgan fingerprint density at radius 1 is 1.14 bits per heavy atom. The third-order valence-electron chi connectivity index (χ3n) is 4.35. The van der Waals surface area contributed by atoms with E-state index in [1.54, 1.807) is 4.90 Å². The van der Waals surface area contributed by atoms with Crippen LogP contribution in [0.2, 0.25) is 0 Å². The van der Waals surface area contributed by atoms with Crippen molar-refractivity contribution in [2.45, 2.75) is 57.4 Å². The van der Waals surface area contributed by atoms with Crippen molar-refractivity contribution in [3.05, 3.63) is 29.8 Å². The molecule has 0 spiro atoms. The number of carbonyl (C=O) groups excluding carboxylic acids is 1. The maximum atomic E-state index is 12.6. The van der Waals surface area contributed by atoms with Gasteiger partial charge < -0.3 is 10.6 Å². The molecule has 3 nitrogen and oxygen atoms in total. The van der Waals surface area contributed by atoms with Gasteiger partial charge in [0.25, 0.3) is 0 Å². The number of carbonyl (C=O) groups is 1. The predicted octanol–water partition coefficient (Wildman–Crippen LogP) is 3.64. The number of hydrogen-bond donors (Lipinski definition) is 1. The van der Waals surface area contributed by atoms with Crippen LogP contribution in [0.1, 0.15) is 52.0 Å². The molecule has 0 radical (unpaired) electrons. The van der Waals surface area contributed by atoms with Crippen molar-refractivity contribution in [3.63, 3.8) is 0 Å². The van der Waals surface area contributed by atoms with Gasteiger partial charge in [0.05, 0.1) is 5.54 Å². The molecule has 0 aliphatic heterocycles. The fraction of sp³-hybridized carbons (Fsp3) is 0.588. The van der Waals surface area contributed by atoms with Gasteiger partial charge in [0.2, 0.25) is 5.91 Å². The van der Waals surface area contributed by atoms with Gasteiger partial charge in [-0.2, -0.15) is 0 Å². The highest BCUT2D eigenvalue weighted by Crippen LogP contribution is 2.31. The molecular weight excluding hydrogens is 284 g/mol. The van der Waals surface area contributed by atoms with Crippen LogP contribution in [0.5, 0.6) is 0 Å². The van der Waals surface area contributed by atoms with Crippen LogP contribution in [0.25, 0.3) is 0 Å². The summed E-state index contributed by atoms with van der Waals surface area (Å²) in [5, 5.41) is 0. The molecule has 1 aliphatic carbocycles. The first-order chi connectivity index (χ1) is 9.24. The van der Waals surface area contributed by atoms with Gasteiger partial charge in [-0.25, -0.2) is 0 Å². The average Bonchev–Trinajstić information content (AvgIpc) is 2.84. The van der Waals surface area contributed by atoms with E-state index in [0.717, 1.165) is 31.4 Å². The summed E-state index contributed by atoms with van der Waals surface area (Å²) in [5.41, 5.74) is 7.91. The molecule has 0 saturated heterocycles. The molecule has 1 amide bonds. The van der Waals surface area contributed by atoms with Crippen molar-refractivity contribution in [2.75, 3.05) is 11.9 Å². The first-order valence-corrected chi connectivity index (χ1v) is 7.42. The van der Waals surface area contributed by atoms with Crippen molar-refractivity contribution >= 4 is 24.0 Å². The highest BCUT2D eigenvalue weighted by atomic mass is 35.5. The van der Waals surface area contributed by atoms with E-state index in [2.05, 4.69) is 32.9 Å². The zero-order valence-corrected chi connectivity index (χ0v) is 14.3. The van der Waals surface area contributed by atoms with Crippen LogP contribution in [0.4, 0.5) is 5.69 Å². The molecule has 0 unspecified atom stereocenters. The maximum absolute atomic E-state index is 12.6. The summed E-state index contributed by atoms with van der Waals surface area (Å²) in [6.45, 7) is 6.55. The molecular formula is C17H27ClN2O. The lowest BCUT2D eigenvalue weighted by Gasteiger charge is -2.29. The number of hydrogen-bond acceptors (Lipinski definition) is 2. The van der Waals surface area contributed by atoms with Crippen molar-refractivity contribution < 1.29 is 4.79 Å². The predicted molar refractivity (Wildman–Crippen MR) is 91.2 cm³/mol. The van der Waals surface area contributed by atoms with Gasteiger partial charge >= 0.3 is 0 Å². The highest BCUT2D eigenvalue weighted by Gasteiger charge is 2.39. The van der Waals surface area contributed by atoms with Crippen LogP contribution in [-0.2, 0) is 10.2 Å². The minimum atomic E-state index is -0.655. The summed E-state index contributed by atoms with van der Waals surface area (Å²) in [5.74, 6) is 0.0403. The van der Waals surface area contributed by atoms with E-state index in [4.69, 9.17) is 5.73 Å². The van der Waals surface area contributed by atoms with Gasteiger partial charge in [0, 0.05) is 12.7 Å². The summed E-state index contributed by atoms with van der Waals surface area (Å²) in [4.78, 5) is 14.3. The van der Waals surface area contributed by atoms with E-state index >= 15 is 0 Å². The molecule has 0 atom stereocenters. The zero-order chi connectivity index (χ0) is 15.0. The molecule has 0 aromatic heterocycles. The summed E-state index contributed by atoms with van der Waals surface area (Å²) in [6, 6.07) is 8.21. The standard InChI is InChI=1S/C17H26N2O.ClH/c1-16(2,3)13-7-9-14(10-8-13)19(4)15(20)17(18)11-5-6-12-17;/h7-10H,5-6,11-12,18H2,1-4H3;1H. The summed E-state index contributed by atoms with van der Waals surface area (Å²) in [6.07, 6.45) is 3.71. The molecule has 1 aromatic carbocycles. The fourth-order valence-electron chi connectivity index (χ4n) is 2.86. The Morgan fingerprint density at radius 3 is 2.05 bits per heavy atom. The third-order valence-corrected chi connectivity index (χ3v) is 4.35. The number of rotatable bonds is 2. The molecule has 1 saturated carbocycles. The van der Waals surface area contributed by atoms with Crippen LogP contribution in [-0.4, -0.2) is 18.5 Å². The molecule has 21 heavy (non-hydrogen) atoms. The van der Waals surface area contributed by atoms with Gasteiger partial charge in [-0.15, -0.1) is 12.4 Å². The largest absolute Gasteiger partial charge is 0.317 e. The lowest BCUT2D eigenvalue weighted by Crippen LogP contribution is -2.52. The van der Waals surface area contributed by atoms with Gasteiger partial charge in [-0.05, 0) is 36.0 Å². The number of amides is 1. The second-order valence-corrected chi connectivity index (χ2v) is 7.02. The summed E-state index contributed by atoms with van der Waals surface area (Å²) >= 11 is 0. The Bertz CT molecular complexity index is 485. The van der Waals surface area contributed by atoms with Gasteiger partial charge in [-0.1, -0.05) is 45.7 Å². The number of anilines is 1. The Labute approximate surface area is 134 Å². The van der Waals surface area contributed by atoms with Crippen LogP contribution in [0.15, 0.2) is 24.3 Å². The van der Waals surface area contributed by atoms with Gasteiger partial charge in [0.1, 0.15) is 0 Å². The molecule has 0 bridgehead atoms. The third kappa shape index (κ3) is 3.78. The number of benzene rings is 1. The summed E-state index contributed by atoms with van der Waals surface area (Å²) < 4.78 is 0. The topological polar surface area (TPSA) is 46.3 Å². The number of nitrogens with zero attached hydrogens (tertiary/aromatic N) is 1. The van der Waals surface area contributed by atoms with Crippen molar-refractivity contribution in [2.24, 2.45) is 5.73 Å². The number of likely N-dealkylation sites (N-methyl/N-ethyl adjacent to an activating group) is 1. The minimum absolute atomic E-state index is 0. The van der Waals surface area contributed by atoms with Crippen LogP contribution in [0.3, 0.4) is 0 Å². The lowest BCUT2D eigenvalue weighted by atomic mass is 9.87. The second-order valence-electron chi connectivity index (χ2n) is 7.02. The average molecular weight is 311 g/mol. The molecule has 4 heteroatoms. The monoisotopic (exact) mass is 310 g/mol. The van der Waals surface area contributed by atoms with E-state index < -0.39 is 5.54 Å². The Balaban J connectivity index is 0.00000220. The van der Waals surface area contributed by atoms with Crippen molar-refractivity contribution in [1.82, 2.24) is 0 Å². The quantitative estimate of drug-likeness (QED) is 0.906. The zero-order valence-electron chi connectivity index (χ0n) is 13.5. The Kier molecular flexibility index (Phi) is 5.46. The number of halogens is 1. The van der Waals surface area contributed by atoms with Gasteiger partial charge in [-0.3, -0.25) is 4.79 Å². The number of nitrogens with two attached hydrogens (primary N) is 1. The summed E-state index contributed by atoms with van der Waals surface area (Å²) in [7, 11) is 1.82. The fourth-order valence-corrected chi connectivity index (χ4v) is 2.86. The van der Waals surface area contributed by atoms with E-state index in [1.807, 2.05) is 19.2 Å². The second kappa shape index (κ2) is 6.37. The van der Waals surface area contributed by atoms with E-state index in [-0.39, 0.29) is 23.7 Å². The molecule has 1 aromatic rings. The molecule has 1 fully saturated rings. The molecule has 1 aliphatic rings. The van der Waals surface area contributed by atoms with Crippen LogP contribution < -0.4 is 10.6 Å². The minimum Gasteiger partial charge on any atom is -0.317 e. The normalized spacial score (nSPS) is 17.2. The van der Waals surface area contributed by atoms with E-state index in [1.165, 1.54) is 5.56 Å². The van der Waals surface area contributed by atoms with Crippen LogP contribution in [0, 0.1) is 0 Å². The van der Waals surface area contributed by atoms with E-state index in [0.29, 0.717) is 0 Å². The van der Waals surface area contributed by atoms with Gasteiger partial charge in [0.15, 0.2) is 0 Å². The molecule has 0 heterocycles. The Morgan fingerprint density at radius 2 is 1.62 bits per heavy atom. The first-order valence-electron chi connectivity index (χ1n) is 7.42. The lowest BCUT2D eigenvalue weighted by molar-refractivity contribution is -0.123. The molecule has 2 rings (SSSR count). The van der Waals surface area contributed by atoms with Crippen molar-refractivity contribution in [1.29, 1.82) is 0 Å². The Hall–Kier alpha value is -1.06. The van der Waals surface area contributed by atoms with Crippen molar-refractivity contribution in [3.8, 4) is 0 Å². The molecule has 2 N–H and O–H groups in total. The maximum Gasteiger partial charge on any atom is 0.246 e.